The molecule has 6 nitrogen and oxygen atoms in total. The fourth-order valence-electron chi connectivity index (χ4n) is 19.6. The molecule has 23 aromatic rings. The third-order valence-corrected chi connectivity index (χ3v) is 25.3. The van der Waals surface area contributed by atoms with Crippen LogP contribution >= 0.6 is 0 Å². The molecule has 7 heteroatoms. The molecule has 2 aliphatic heterocycles. The van der Waals surface area contributed by atoms with Crippen molar-refractivity contribution in [3.8, 4) is 100 Å². The van der Waals surface area contributed by atoms with Gasteiger partial charge in [-0.1, -0.05) is 336 Å². The van der Waals surface area contributed by atoms with Crippen molar-refractivity contribution < 1.29 is 30.8 Å². The SMILES string of the molecule is [2H]c1c([2H])c([2H])c2c(c1[2H])c1c([2H])c([2H])c([2H])c([2H])c1n2-c1ccc2c(c1)N(c1c(-c3cccc(-c4ccccc4)c3)cc(-c3ccccc3)cc1-c1cccc3c1oc1ccccc13)c1cc(C(C)(C)C)cc3c1B2c1ccc(-n2c4c([2H])c([2H])c([2H])c([2H])c4c4c([2H])c([2H])c([2H])c([2H])c42)cc1N3c1c(-c2cccc(-c3ccccc3)c2)cc(-c2ccccc2)cc1-c1cccc2c1oc1ccccc12. The lowest BCUT2D eigenvalue weighted by Gasteiger charge is -2.46. The van der Waals surface area contributed by atoms with Gasteiger partial charge in [0.05, 0.1) is 55.4 Å². The molecule has 0 radical (unpaired) electrons. The first kappa shape index (κ1) is 57.3. The van der Waals surface area contributed by atoms with E-state index < -0.39 is 109 Å². The maximum absolute atomic E-state index is 10.1. The normalized spacial score (nSPS) is 14.3. The summed E-state index contributed by atoms with van der Waals surface area (Å²) in [5.41, 5.74) is 21.8. The summed E-state index contributed by atoms with van der Waals surface area (Å²) < 4.78 is 173. The summed E-state index contributed by atoms with van der Waals surface area (Å²) in [6.45, 7) is 5.64. The van der Waals surface area contributed by atoms with Crippen LogP contribution < -0.4 is 26.2 Å². The van der Waals surface area contributed by atoms with Crippen molar-refractivity contribution in [1.82, 2.24) is 9.13 Å². The van der Waals surface area contributed by atoms with Crippen LogP contribution in [0.5, 0.6) is 0 Å². The predicted molar refractivity (Wildman–Crippen MR) is 526 cm³/mol. The number of furan rings is 2. The van der Waals surface area contributed by atoms with E-state index in [0.717, 1.165) is 110 Å². The maximum atomic E-state index is 10.1. The van der Waals surface area contributed by atoms with Gasteiger partial charge in [0, 0.05) is 111 Å². The fraction of sp³-hybridized carbons (Fsp3) is 0.0339. The Kier molecular flexibility index (Phi) is 13.0. The lowest BCUT2D eigenvalue weighted by molar-refractivity contribution is 0.590. The highest BCUT2D eigenvalue weighted by Crippen LogP contribution is 2.58. The van der Waals surface area contributed by atoms with Gasteiger partial charge in [-0.2, -0.15) is 0 Å². The quantitative estimate of drug-likeness (QED) is 0.114. The first-order valence-corrected chi connectivity index (χ1v) is 42.0. The second-order valence-corrected chi connectivity index (χ2v) is 33.4. The summed E-state index contributed by atoms with van der Waals surface area (Å²) >= 11 is 0. The standard InChI is InChI=1S/C118H79BN4O2/c1-118(2,3)84-70-109-113-110(71-84)123(115-98(81-43-29-41-79(65-81)75-34-10-5-11-35-75)67-83(77-38-14-7-15-39-77)69-100(115)96-53-31-51-94-92-49-21-27-59-112(92)125-117(94)96)108-73-86(121-105-56-24-18-46-89(105)90-47-19-25-57-106(90)121)61-63-102(108)119(113)101-62-60-85(120-103-54-22-16-44-87(103)88-45-17-23-55-104(88)120)72-107(101)122(109)114-97(80-42-28-40-78(64-80)74-32-8-4-9-33-74)66-82(76-36-12-6-13-37-76)68-99(114)95-52-30-50-93-91-48-20-26-58-111(91)124-116(93)95/h4-73H,1-3H3/i16D,17D,18D,19D,22D,23D,24D,25D,44D,45D,46D,47D,54D,55D,56D,57D. The Morgan fingerprint density at radius 3 is 0.976 bits per heavy atom. The molecular formula is C118H79BN4O2. The molecule has 25 rings (SSSR count). The summed E-state index contributed by atoms with van der Waals surface area (Å²) in [4.78, 5) is 4.68. The van der Waals surface area contributed by atoms with Gasteiger partial charge in [0.15, 0.2) is 0 Å². The number of rotatable bonds is 12. The molecule has 0 saturated carbocycles. The largest absolute Gasteiger partial charge is 0.455 e. The van der Waals surface area contributed by atoms with Gasteiger partial charge < -0.3 is 27.8 Å². The van der Waals surface area contributed by atoms with Gasteiger partial charge in [-0.05, 0) is 192 Å². The Morgan fingerprint density at radius 2 is 0.584 bits per heavy atom. The maximum Gasteiger partial charge on any atom is 0.252 e. The smallest absolute Gasteiger partial charge is 0.252 e. The van der Waals surface area contributed by atoms with Gasteiger partial charge in [-0.3, -0.25) is 0 Å². The third kappa shape index (κ3) is 11.4. The van der Waals surface area contributed by atoms with Crippen LogP contribution in [0, 0.1) is 0 Å². The highest BCUT2D eigenvalue weighted by Gasteiger charge is 2.47. The van der Waals surface area contributed by atoms with Gasteiger partial charge in [0.25, 0.3) is 6.71 Å². The Labute approximate surface area is 746 Å². The number of nitrogens with zero attached hydrogens (tertiary/aromatic N) is 4. The Bertz CT molecular complexity index is 8720. The summed E-state index contributed by atoms with van der Waals surface area (Å²) in [5, 5.41) is 3.07. The van der Waals surface area contributed by atoms with E-state index in [4.69, 9.17) is 8.83 Å². The van der Waals surface area contributed by atoms with Crippen molar-refractivity contribution in [3.05, 3.63) is 430 Å². The summed E-state index contributed by atoms with van der Waals surface area (Å²) in [6.07, 6.45) is 0. The van der Waals surface area contributed by atoms with Crippen LogP contribution in [0.15, 0.2) is 433 Å². The van der Waals surface area contributed by atoms with E-state index in [1.54, 1.807) is 9.13 Å². The first-order chi connectivity index (χ1) is 68.3. The van der Waals surface area contributed by atoms with Crippen LogP contribution in [-0.4, -0.2) is 15.8 Å². The average molecular weight is 1610 g/mol. The summed E-state index contributed by atoms with van der Waals surface area (Å²) in [7, 11) is 0. The van der Waals surface area contributed by atoms with Gasteiger partial charge in [-0.25, -0.2) is 0 Å². The van der Waals surface area contributed by atoms with E-state index in [1.165, 1.54) is 0 Å². The minimum Gasteiger partial charge on any atom is -0.455 e. The summed E-state index contributed by atoms with van der Waals surface area (Å²) in [6, 6.07) is 103. The molecule has 0 unspecified atom stereocenters. The van der Waals surface area contributed by atoms with Gasteiger partial charge in [0.2, 0.25) is 0 Å². The van der Waals surface area contributed by atoms with Gasteiger partial charge in [-0.15, -0.1) is 0 Å². The number of hydrogen-bond acceptors (Lipinski definition) is 4. The molecule has 125 heavy (non-hydrogen) atoms. The Hall–Kier alpha value is -16.0. The lowest BCUT2D eigenvalue weighted by atomic mass is 9.33. The lowest BCUT2D eigenvalue weighted by Crippen LogP contribution is -2.61. The monoisotopic (exact) mass is 1610 g/mol. The number of aromatic nitrogens is 2. The van der Waals surface area contributed by atoms with Gasteiger partial charge >= 0.3 is 0 Å². The molecule has 0 aliphatic carbocycles. The molecule has 19 aromatic carbocycles. The van der Waals surface area contributed by atoms with Crippen LogP contribution in [-0.2, 0) is 5.41 Å². The van der Waals surface area contributed by atoms with Crippen molar-refractivity contribution >= 4 is 145 Å². The van der Waals surface area contributed by atoms with Crippen molar-refractivity contribution in [1.29, 1.82) is 0 Å². The van der Waals surface area contributed by atoms with Crippen LogP contribution in [0.25, 0.3) is 188 Å². The first-order valence-electron chi connectivity index (χ1n) is 50.0. The van der Waals surface area contributed by atoms with Crippen molar-refractivity contribution in [2.75, 3.05) is 9.80 Å². The minimum atomic E-state index is -0.906. The number of fused-ring (bicyclic) bond motifs is 16. The molecule has 2 aliphatic rings. The van der Waals surface area contributed by atoms with Gasteiger partial charge in [0.1, 0.15) is 22.3 Å². The van der Waals surface area contributed by atoms with E-state index in [1.807, 2.05) is 146 Å². The molecule has 6 heterocycles. The van der Waals surface area contributed by atoms with Crippen molar-refractivity contribution in [2.24, 2.45) is 0 Å². The van der Waals surface area contributed by atoms with Crippen LogP contribution in [0.3, 0.4) is 0 Å². The third-order valence-electron chi connectivity index (χ3n) is 25.3. The van der Waals surface area contributed by atoms with E-state index in [2.05, 4.69) is 213 Å². The van der Waals surface area contributed by atoms with Crippen molar-refractivity contribution in [3.63, 3.8) is 0 Å². The van der Waals surface area contributed by atoms with E-state index in [0.29, 0.717) is 78.5 Å². The molecule has 0 amide bonds. The fourth-order valence-corrected chi connectivity index (χ4v) is 19.6. The Morgan fingerprint density at radius 1 is 0.256 bits per heavy atom. The zero-order valence-electron chi connectivity index (χ0n) is 83.9. The molecule has 586 valence electrons. The number of para-hydroxylation sites is 8. The van der Waals surface area contributed by atoms with E-state index in [-0.39, 0.29) is 55.0 Å². The predicted octanol–water partition coefficient (Wildman–Crippen LogP) is 30.4. The second kappa shape index (κ2) is 28.3. The molecule has 0 atom stereocenters. The average Bonchev–Trinajstić information content (AvgIpc) is 1.44. The minimum absolute atomic E-state index is 0.0885. The second-order valence-electron chi connectivity index (χ2n) is 33.4. The topological polar surface area (TPSA) is 42.6 Å². The number of benzene rings is 19. The molecule has 0 fully saturated rings. The van der Waals surface area contributed by atoms with E-state index in [9.17, 15) is 21.9 Å². The molecular weight excluding hydrogens is 1520 g/mol. The highest BCUT2D eigenvalue weighted by atomic mass is 16.3. The Balaban J connectivity index is 0.909. The molecule has 4 aromatic heterocycles. The zero-order chi connectivity index (χ0) is 96.6. The molecule has 0 N–H and O–H groups in total. The van der Waals surface area contributed by atoms with Crippen LogP contribution in [0.2, 0.25) is 0 Å². The highest BCUT2D eigenvalue weighted by molar-refractivity contribution is 7.00. The molecule has 0 bridgehead atoms. The van der Waals surface area contributed by atoms with Crippen molar-refractivity contribution in [2.45, 2.75) is 26.2 Å². The molecule has 0 spiro atoms. The van der Waals surface area contributed by atoms with Crippen LogP contribution in [0.4, 0.5) is 34.1 Å². The molecule has 0 saturated heterocycles. The number of hydrogen-bond donors (Lipinski definition) is 0. The summed E-state index contributed by atoms with van der Waals surface area (Å²) in [5.74, 6) is 0. The zero-order valence-corrected chi connectivity index (χ0v) is 67.9. The van der Waals surface area contributed by atoms with Crippen LogP contribution in [0.1, 0.15) is 48.3 Å². The number of anilines is 6. The van der Waals surface area contributed by atoms with E-state index >= 15 is 0 Å².